The Kier molecular flexibility index (Phi) is 3.37. The van der Waals surface area contributed by atoms with E-state index in [1.54, 1.807) is 24.3 Å². The van der Waals surface area contributed by atoms with Gasteiger partial charge >= 0.3 is 5.97 Å². The summed E-state index contributed by atoms with van der Waals surface area (Å²) in [6.45, 7) is 0. The second-order valence-corrected chi connectivity index (χ2v) is 3.64. The Hall–Kier alpha value is -2.96. The minimum Gasteiger partial charge on any atom is -0.478 e. The second kappa shape index (κ2) is 5.13. The van der Waals surface area contributed by atoms with Crippen LogP contribution in [0.15, 0.2) is 42.6 Å². The van der Waals surface area contributed by atoms with Crippen molar-refractivity contribution in [3.8, 4) is 0 Å². The fourth-order valence-electron chi connectivity index (χ4n) is 1.47. The van der Waals surface area contributed by atoms with Gasteiger partial charge in [0.1, 0.15) is 17.6 Å². The number of nitro groups is 1. The Balaban J connectivity index is 2.40. The number of para-hydroxylation sites is 1. The molecular formula is C12H9N3O4. The zero-order valence-corrected chi connectivity index (χ0v) is 9.61. The third kappa shape index (κ3) is 2.83. The molecule has 7 heteroatoms. The molecule has 0 aliphatic rings. The van der Waals surface area contributed by atoms with Crippen LogP contribution in [0.1, 0.15) is 10.4 Å². The molecule has 2 rings (SSSR count). The molecule has 0 saturated heterocycles. The van der Waals surface area contributed by atoms with Gasteiger partial charge < -0.3 is 10.4 Å². The van der Waals surface area contributed by atoms with Crippen molar-refractivity contribution in [2.45, 2.75) is 0 Å². The van der Waals surface area contributed by atoms with Gasteiger partial charge in [0, 0.05) is 11.8 Å². The van der Waals surface area contributed by atoms with Crippen molar-refractivity contribution >= 4 is 23.2 Å². The maximum atomic E-state index is 11.1. The lowest BCUT2D eigenvalue weighted by molar-refractivity contribution is -0.385. The molecular weight excluding hydrogens is 250 g/mol. The first-order valence-electron chi connectivity index (χ1n) is 5.28. The van der Waals surface area contributed by atoms with E-state index in [2.05, 4.69) is 10.3 Å². The first-order valence-corrected chi connectivity index (χ1v) is 5.28. The highest BCUT2D eigenvalue weighted by Gasteiger charge is 2.17. The van der Waals surface area contributed by atoms with Gasteiger partial charge in [0.15, 0.2) is 0 Å². The summed E-state index contributed by atoms with van der Waals surface area (Å²) >= 11 is 0. The summed E-state index contributed by atoms with van der Waals surface area (Å²) in [5.41, 5.74) is 0.0282. The normalized spacial score (nSPS) is 9.89. The SMILES string of the molecule is O=C(O)c1cc([N+](=O)[O-])cnc1Nc1ccccc1. The molecule has 0 amide bonds. The number of nitrogens with one attached hydrogen (secondary N) is 1. The highest BCUT2D eigenvalue weighted by Crippen LogP contribution is 2.22. The molecule has 0 unspecified atom stereocenters. The molecule has 0 aliphatic carbocycles. The van der Waals surface area contributed by atoms with E-state index in [1.165, 1.54) is 0 Å². The molecule has 1 aromatic heterocycles. The molecule has 2 N–H and O–H groups in total. The molecule has 0 atom stereocenters. The fourth-order valence-corrected chi connectivity index (χ4v) is 1.47. The van der Waals surface area contributed by atoms with Gasteiger partial charge in [-0.2, -0.15) is 0 Å². The highest BCUT2D eigenvalue weighted by molar-refractivity contribution is 5.94. The number of nitrogens with zero attached hydrogens (tertiary/aromatic N) is 2. The third-order valence-corrected chi connectivity index (χ3v) is 2.35. The van der Waals surface area contributed by atoms with Gasteiger partial charge in [-0.05, 0) is 12.1 Å². The molecule has 1 heterocycles. The molecule has 0 spiro atoms. The molecule has 0 bridgehead atoms. The zero-order valence-electron chi connectivity index (χ0n) is 9.61. The van der Waals surface area contributed by atoms with Gasteiger partial charge in [0.25, 0.3) is 5.69 Å². The summed E-state index contributed by atoms with van der Waals surface area (Å²) in [5, 5.41) is 22.5. The molecule has 2 aromatic rings. The number of carbonyl (C=O) groups is 1. The van der Waals surface area contributed by atoms with Crippen LogP contribution in [0.25, 0.3) is 0 Å². The van der Waals surface area contributed by atoms with Crippen LogP contribution in [0.5, 0.6) is 0 Å². The average Bonchev–Trinajstić information content (AvgIpc) is 2.39. The molecule has 0 radical (unpaired) electrons. The Labute approximate surface area is 107 Å². The Morgan fingerprint density at radius 3 is 2.58 bits per heavy atom. The second-order valence-electron chi connectivity index (χ2n) is 3.64. The monoisotopic (exact) mass is 259 g/mol. The molecule has 96 valence electrons. The predicted octanol–water partition coefficient (Wildman–Crippen LogP) is 2.43. The number of carboxylic acids is 1. The van der Waals surface area contributed by atoms with Gasteiger partial charge in [-0.15, -0.1) is 0 Å². The predicted molar refractivity (Wildman–Crippen MR) is 67.6 cm³/mol. The summed E-state index contributed by atoms with van der Waals surface area (Å²) in [7, 11) is 0. The number of carboxylic acid groups (broad SMARTS) is 1. The van der Waals surface area contributed by atoms with Crippen LogP contribution in [0.3, 0.4) is 0 Å². The van der Waals surface area contributed by atoms with E-state index in [4.69, 9.17) is 5.11 Å². The minimum atomic E-state index is -1.28. The zero-order chi connectivity index (χ0) is 13.8. The van der Waals surface area contributed by atoms with Gasteiger partial charge in [-0.3, -0.25) is 10.1 Å². The van der Waals surface area contributed by atoms with Crippen LogP contribution in [-0.2, 0) is 0 Å². The number of hydrogen-bond donors (Lipinski definition) is 2. The molecule has 19 heavy (non-hydrogen) atoms. The van der Waals surface area contributed by atoms with Gasteiger partial charge in [-0.25, -0.2) is 9.78 Å². The van der Waals surface area contributed by atoms with Crippen molar-refractivity contribution in [1.29, 1.82) is 0 Å². The number of hydrogen-bond acceptors (Lipinski definition) is 5. The van der Waals surface area contributed by atoms with Crippen molar-refractivity contribution in [3.63, 3.8) is 0 Å². The lowest BCUT2D eigenvalue weighted by Crippen LogP contribution is -2.06. The molecule has 0 aliphatic heterocycles. The highest BCUT2D eigenvalue weighted by atomic mass is 16.6. The third-order valence-electron chi connectivity index (χ3n) is 2.35. The topological polar surface area (TPSA) is 105 Å². The first-order chi connectivity index (χ1) is 9.08. The first kappa shape index (κ1) is 12.5. The van der Waals surface area contributed by atoms with E-state index in [9.17, 15) is 14.9 Å². The van der Waals surface area contributed by atoms with Crippen LogP contribution >= 0.6 is 0 Å². The molecule has 7 nitrogen and oxygen atoms in total. The van der Waals surface area contributed by atoms with Crippen molar-refractivity contribution in [2.75, 3.05) is 5.32 Å². The summed E-state index contributed by atoms with van der Waals surface area (Å²) in [6.07, 6.45) is 1.01. The number of rotatable bonds is 4. The lowest BCUT2D eigenvalue weighted by atomic mass is 10.2. The fraction of sp³-hybridized carbons (Fsp3) is 0. The lowest BCUT2D eigenvalue weighted by Gasteiger charge is -2.07. The van der Waals surface area contributed by atoms with Crippen molar-refractivity contribution < 1.29 is 14.8 Å². The average molecular weight is 259 g/mol. The van der Waals surface area contributed by atoms with Crippen LogP contribution in [0.4, 0.5) is 17.2 Å². The maximum absolute atomic E-state index is 11.1. The quantitative estimate of drug-likeness (QED) is 0.645. The van der Waals surface area contributed by atoms with Crippen LogP contribution in [0.2, 0.25) is 0 Å². The van der Waals surface area contributed by atoms with E-state index in [1.807, 2.05) is 6.07 Å². The van der Waals surface area contributed by atoms with Crippen LogP contribution in [-0.4, -0.2) is 21.0 Å². The van der Waals surface area contributed by atoms with E-state index in [-0.39, 0.29) is 17.1 Å². The molecule has 0 fully saturated rings. The van der Waals surface area contributed by atoms with Crippen LogP contribution in [0, 0.1) is 10.1 Å². The van der Waals surface area contributed by atoms with Crippen LogP contribution < -0.4 is 5.32 Å². The summed E-state index contributed by atoms with van der Waals surface area (Å²) in [6, 6.07) is 9.79. The molecule has 0 saturated carbocycles. The van der Waals surface area contributed by atoms with E-state index < -0.39 is 10.9 Å². The number of pyridine rings is 1. The van der Waals surface area contributed by atoms with Gasteiger partial charge in [0.05, 0.1) is 4.92 Å². The summed E-state index contributed by atoms with van der Waals surface area (Å²) < 4.78 is 0. The molecule has 1 aromatic carbocycles. The number of aromatic carboxylic acids is 1. The van der Waals surface area contributed by atoms with Crippen molar-refractivity contribution in [2.24, 2.45) is 0 Å². The largest absolute Gasteiger partial charge is 0.478 e. The maximum Gasteiger partial charge on any atom is 0.339 e. The Morgan fingerprint density at radius 1 is 1.32 bits per heavy atom. The minimum absolute atomic E-state index is 0.0595. The van der Waals surface area contributed by atoms with Crippen molar-refractivity contribution in [1.82, 2.24) is 4.98 Å². The number of aromatic nitrogens is 1. The van der Waals surface area contributed by atoms with E-state index in [0.717, 1.165) is 12.3 Å². The Bertz CT molecular complexity index is 628. The Morgan fingerprint density at radius 2 is 2.00 bits per heavy atom. The summed E-state index contributed by atoms with van der Waals surface area (Å²) in [4.78, 5) is 24.8. The van der Waals surface area contributed by atoms with Gasteiger partial charge in [0.2, 0.25) is 0 Å². The summed E-state index contributed by atoms with van der Waals surface area (Å²) in [5.74, 6) is -1.22. The standard InChI is InChI=1S/C12H9N3O4/c16-12(17)10-6-9(15(18)19)7-13-11(10)14-8-4-2-1-3-5-8/h1-7H,(H,13,14)(H,16,17). The smallest absolute Gasteiger partial charge is 0.339 e. The number of benzene rings is 1. The van der Waals surface area contributed by atoms with E-state index >= 15 is 0 Å². The van der Waals surface area contributed by atoms with Gasteiger partial charge in [-0.1, -0.05) is 18.2 Å². The number of anilines is 2. The van der Waals surface area contributed by atoms with Crippen molar-refractivity contribution in [3.05, 3.63) is 58.3 Å². The van der Waals surface area contributed by atoms with E-state index in [0.29, 0.717) is 5.69 Å².